The summed E-state index contributed by atoms with van der Waals surface area (Å²) in [7, 11) is 0. The van der Waals surface area contributed by atoms with Gasteiger partial charge in [-0.15, -0.1) is 0 Å². The average molecular weight is 348 g/mol. The Bertz CT molecular complexity index is 303. The van der Waals surface area contributed by atoms with Crippen molar-refractivity contribution >= 4 is 0 Å². The molecular formula is C19H31Y-. The minimum Gasteiger partial charge on any atom is -0.358 e. The van der Waals surface area contributed by atoms with Crippen molar-refractivity contribution in [2.75, 3.05) is 0 Å². The van der Waals surface area contributed by atoms with Crippen LogP contribution in [0.15, 0.2) is 60.7 Å². The molecule has 0 nitrogen and oxygen atoms in total. The van der Waals surface area contributed by atoms with Crippen molar-refractivity contribution in [3.8, 4) is 0 Å². The van der Waals surface area contributed by atoms with Crippen LogP contribution < -0.4 is 0 Å². The molecule has 0 aliphatic rings. The molecule has 20 heavy (non-hydrogen) atoms. The Balaban J connectivity index is -0.0000000950. The summed E-state index contributed by atoms with van der Waals surface area (Å²) >= 11 is 0. The number of benzene rings is 2. The molecule has 2 aromatic carbocycles. The maximum atomic E-state index is 2.08. The molecule has 0 aliphatic heterocycles. The summed E-state index contributed by atoms with van der Waals surface area (Å²) in [6.07, 6.45) is 0. The fourth-order valence-corrected chi connectivity index (χ4v) is 1.07. The molecule has 111 valence electrons. The van der Waals surface area contributed by atoms with Crippen LogP contribution in [-0.2, 0) is 32.7 Å². The second-order valence-corrected chi connectivity index (χ2v) is 3.31. The molecule has 0 unspecified atom stereocenters. The Kier molecular flexibility index (Phi) is 32.9. The van der Waals surface area contributed by atoms with E-state index in [-0.39, 0.29) is 40.1 Å². The number of aryl methyl sites for hydroxylation is 2. The van der Waals surface area contributed by atoms with E-state index in [1.807, 2.05) is 64.1 Å². The first kappa shape index (κ1) is 27.8. The van der Waals surface area contributed by atoms with Crippen LogP contribution in [0.2, 0.25) is 0 Å². The van der Waals surface area contributed by atoms with E-state index in [2.05, 4.69) is 38.1 Å². The summed E-state index contributed by atoms with van der Waals surface area (Å²) < 4.78 is 0. The first-order valence-electron chi connectivity index (χ1n) is 6.82. The summed E-state index contributed by atoms with van der Waals surface area (Å²) in [6.45, 7) is 12.2. The zero-order chi connectivity index (χ0) is 14.2. The summed E-state index contributed by atoms with van der Waals surface area (Å²) in [6, 6.07) is 20.5. The fourth-order valence-electron chi connectivity index (χ4n) is 1.07. The van der Waals surface area contributed by atoms with Crippen LogP contribution in [0.5, 0.6) is 0 Å². The number of rotatable bonds is 0. The summed E-state index contributed by atoms with van der Waals surface area (Å²) in [4.78, 5) is 0. The van der Waals surface area contributed by atoms with E-state index < -0.39 is 0 Å². The normalized spacial score (nSPS) is 6.70. The van der Waals surface area contributed by atoms with Gasteiger partial charge in [-0.05, 0) is 13.8 Å². The maximum absolute atomic E-state index is 2.08. The molecule has 0 fully saturated rings. The Morgan fingerprint density at radius 3 is 0.800 bits per heavy atom. The van der Waals surface area contributed by atoms with Crippen molar-refractivity contribution in [1.82, 2.24) is 0 Å². The standard InChI is InChI=1S/2C7H8.2C2H6.CH3.Y/c2*1-7-5-3-2-4-6-7;2*1-2;;/h2*2-6H,1H3;2*1-2H3;1H3;/q;;;;-1;. The van der Waals surface area contributed by atoms with Gasteiger partial charge in [-0.2, -0.15) is 0 Å². The van der Waals surface area contributed by atoms with Crippen LogP contribution >= 0.6 is 0 Å². The van der Waals surface area contributed by atoms with Crippen LogP contribution in [0.4, 0.5) is 0 Å². The summed E-state index contributed by atoms with van der Waals surface area (Å²) in [5, 5.41) is 0. The fraction of sp³-hybridized carbons (Fsp3) is 0.316. The van der Waals surface area contributed by atoms with E-state index in [0.29, 0.717) is 0 Å². The third-order valence-electron chi connectivity index (χ3n) is 1.88. The first-order chi connectivity index (χ1) is 8.79. The zero-order valence-corrected chi connectivity index (χ0v) is 17.2. The van der Waals surface area contributed by atoms with E-state index in [1.165, 1.54) is 11.1 Å². The Hall–Kier alpha value is -0.456. The van der Waals surface area contributed by atoms with Gasteiger partial charge in [-0.25, -0.2) is 0 Å². The Morgan fingerprint density at radius 2 is 0.700 bits per heavy atom. The number of hydrogen-bond donors (Lipinski definition) is 0. The van der Waals surface area contributed by atoms with E-state index in [4.69, 9.17) is 0 Å². The van der Waals surface area contributed by atoms with Crippen LogP contribution in [0.3, 0.4) is 0 Å². The van der Waals surface area contributed by atoms with Gasteiger partial charge >= 0.3 is 0 Å². The molecule has 0 saturated heterocycles. The first-order valence-corrected chi connectivity index (χ1v) is 6.82. The third kappa shape index (κ3) is 19.9. The van der Waals surface area contributed by atoms with Crippen molar-refractivity contribution < 1.29 is 32.7 Å². The Morgan fingerprint density at radius 1 is 0.500 bits per heavy atom. The van der Waals surface area contributed by atoms with Crippen molar-refractivity contribution in [2.24, 2.45) is 0 Å². The molecule has 2 aromatic rings. The summed E-state index contributed by atoms with van der Waals surface area (Å²) in [5.74, 6) is 0. The van der Waals surface area contributed by atoms with Crippen molar-refractivity contribution in [3.05, 3.63) is 79.2 Å². The van der Waals surface area contributed by atoms with Gasteiger partial charge in [-0.3, -0.25) is 0 Å². The molecule has 1 heteroatoms. The van der Waals surface area contributed by atoms with Gasteiger partial charge in [-0.1, -0.05) is 99.5 Å². The van der Waals surface area contributed by atoms with Gasteiger partial charge < -0.3 is 7.43 Å². The van der Waals surface area contributed by atoms with Crippen LogP contribution in [0.25, 0.3) is 0 Å². The molecule has 0 bridgehead atoms. The number of hydrogen-bond acceptors (Lipinski definition) is 0. The van der Waals surface area contributed by atoms with Gasteiger partial charge in [0.1, 0.15) is 0 Å². The SMILES string of the molecule is CC.CC.Cc1ccccc1.Cc1ccccc1.[CH3-].[Y]. The van der Waals surface area contributed by atoms with Gasteiger partial charge in [0.25, 0.3) is 0 Å². The maximum Gasteiger partial charge on any atom is 0 e. The van der Waals surface area contributed by atoms with Gasteiger partial charge in [0.2, 0.25) is 0 Å². The molecule has 0 saturated carbocycles. The quantitative estimate of drug-likeness (QED) is 0.477. The predicted molar refractivity (Wildman–Crippen MR) is 91.5 cm³/mol. The van der Waals surface area contributed by atoms with E-state index in [0.717, 1.165) is 0 Å². The zero-order valence-electron chi connectivity index (χ0n) is 14.4. The molecule has 2 rings (SSSR count). The van der Waals surface area contributed by atoms with Crippen molar-refractivity contribution in [2.45, 2.75) is 41.5 Å². The van der Waals surface area contributed by atoms with E-state index in [1.54, 1.807) is 0 Å². The average Bonchev–Trinajstić information content (AvgIpc) is 2.46. The van der Waals surface area contributed by atoms with Crippen molar-refractivity contribution in [3.63, 3.8) is 0 Å². The smallest absolute Gasteiger partial charge is 0 e. The minimum atomic E-state index is 0. The third-order valence-corrected chi connectivity index (χ3v) is 1.88. The van der Waals surface area contributed by atoms with Crippen LogP contribution in [-0.4, -0.2) is 0 Å². The second kappa shape index (κ2) is 23.6. The van der Waals surface area contributed by atoms with Gasteiger partial charge in [0, 0.05) is 32.7 Å². The molecule has 1 radical (unpaired) electrons. The minimum absolute atomic E-state index is 0. The molecule has 0 amide bonds. The largest absolute Gasteiger partial charge is 0.358 e. The molecule has 0 atom stereocenters. The molecule has 0 N–H and O–H groups in total. The second-order valence-electron chi connectivity index (χ2n) is 3.31. The molecule has 0 heterocycles. The van der Waals surface area contributed by atoms with Gasteiger partial charge in [0.15, 0.2) is 0 Å². The Labute approximate surface area is 152 Å². The van der Waals surface area contributed by atoms with Crippen molar-refractivity contribution in [1.29, 1.82) is 0 Å². The van der Waals surface area contributed by atoms with Crippen LogP contribution in [0.1, 0.15) is 38.8 Å². The molecule has 0 aromatic heterocycles. The van der Waals surface area contributed by atoms with E-state index >= 15 is 0 Å². The van der Waals surface area contributed by atoms with E-state index in [9.17, 15) is 0 Å². The molecule has 0 spiro atoms. The molecular weight excluding hydrogens is 317 g/mol. The van der Waals surface area contributed by atoms with Crippen LogP contribution in [0, 0.1) is 21.3 Å². The van der Waals surface area contributed by atoms with Gasteiger partial charge in [0.05, 0.1) is 0 Å². The summed E-state index contributed by atoms with van der Waals surface area (Å²) in [5.41, 5.74) is 2.64. The molecule has 0 aliphatic carbocycles. The topological polar surface area (TPSA) is 0 Å². The predicted octanol–water partition coefficient (Wildman–Crippen LogP) is 6.49. The monoisotopic (exact) mass is 348 g/mol.